The van der Waals surface area contributed by atoms with Gasteiger partial charge in [0.1, 0.15) is 0 Å². The Labute approximate surface area is 234 Å². The standard InChI is InChI=1S/C32H51NO4S/c1-5-23-27-19-21(34)10-14-32(27,4)26-11-15-31(3)24(8-9-25(31)28(26)29(23)35)20(2)13-17-37-30(36)33-16-12-22-7-6-18-38-22/h6-7,18,20-21,23-29,34-35H,5,8-17,19H2,1-4H3,(H,33,36)/t20-,21-,23-,24-,25+,26+,27?,28?,29-,31-,32?/m1/s1. The molecular weight excluding hydrogens is 494 g/mol. The normalized spacial score (nSPS) is 43.0. The summed E-state index contributed by atoms with van der Waals surface area (Å²) in [5.41, 5.74) is 0.500. The molecule has 214 valence electrons. The lowest BCUT2D eigenvalue weighted by Crippen LogP contribution is -2.62. The number of thiophene rings is 1. The highest BCUT2D eigenvalue weighted by Gasteiger charge is 2.64. The first-order valence-electron chi connectivity index (χ1n) is 15.5. The number of aliphatic hydroxyl groups excluding tert-OH is 2. The molecule has 4 aliphatic carbocycles. The summed E-state index contributed by atoms with van der Waals surface area (Å²) in [6, 6.07) is 4.13. The van der Waals surface area contributed by atoms with Crippen LogP contribution >= 0.6 is 11.3 Å². The van der Waals surface area contributed by atoms with Gasteiger partial charge in [0.2, 0.25) is 0 Å². The predicted molar refractivity (Wildman–Crippen MR) is 153 cm³/mol. The van der Waals surface area contributed by atoms with Crippen LogP contribution in [0.2, 0.25) is 0 Å². The van der Waals surface area contributed by atoms with Crippen LogP contribution in [0.15, 0.2) is 17.5 Å². The van der Waals surface area contributed by atoms with Gasteiger partial charge in [0, 0.05) is 11.4 Å². The maximum Gasteiger partial charge on any atom is 0.407 e. The van der Waals surface area contributed by atoms with Crippen molar-refractivity contribution in [3.8, 4) is 0 Å². The molecule has 0 spiro atoms. The molecule has 0 bridgehead atoms. The van der Waals surface area contributed by atoms with E-state index in [1.54, 1.807) is 11.3 Å². The monoisotopic (exact) mass is 545 g/mol. The second kappa shape index (κ2) is 11.4. The van der Waals surface area contributed by atoms with Crippen LogP contribution < -0.4 is 5.32 Å². The molecule has 5 rings (SSSR count). The number of ether oxygens (including phenoxy) is 1. The second-order valence-electron chi connectivity index (χ2n) is 13.8. The van der Waals surface area contributed by atoms with Crippen molar-refractivity contribution in [3.63, 3.8) is 0 Å². The van der Waals surface area contributed by atoms with E-state index in [1.165, 1.54) is 30.6 Å². The van der Waals surface area contributed by atoms with Crippen molar-refractivity contribution in [3.05, 3.63) is 22.4 Å². The van der Waals surface area contributed by atoms with E-state index in [9.17, 15) is 15.0 Å². The molecule has 4 saturated carbocycles. The zero-order chi connectivity index (χ0) is 27.1. The summed E-state index contributed by atoms with van der Waals surface area (Å²) in [5, 5.41) is 27.3. The van der Waals surface area contributed by atoms with Crippen molar-refractivity contribution in [2.24, 2.45) is 52.3 Å². The topological polar surface area (TPSA) is 78.8 Å². The SMILES string of the molecule is CC[C@@H]1C2C[C@H](O)CCC2(C)[C@H]2CC[C@]3(C)[C@@H]([C@H](C)CCOC(=O)NCCc4cccs4)CC[C@H]3C2[C@@H]1O. The summed E-state index contributed by atoms with van der Waals surface area (Å²) in [6.45, 7) is 10.7. The van der Waals surface area contributed by atoms with Crippen LogP contribution in [-0.4, -0.2) is 41.7 Å². The molecule has 0 aliphatic heterocycles. The Morgan fingerprint density at radius 3 is 2.63 bits per heavy atom. The van der Waals surface area contributed by atoms with E-state index in [2.05, 4.69) is 44.5 Å². The molecule has 1 aromatic heterocycles. The van der Waals surface area contributed by atoms with E-state index in [4.69, 9.17) is 4.74 Å². The fourth-order valence-corrected chi connectivity index (χ4v) is 11.0. The summed E-state index contributed by atoms with van der Waals surface area (Å²) in [4.78, 5) is 13.5. The van der Waals surface area contributed by atoms with Crippen molar-refractivity contribution in [2.75, 3.05) is 13.2 Å². The van der Waals surface area contributed by atoms with Gasteiger partial charge in [-0.25, -0.2) is 4.79 Å². The average molecular weight is 546 g/mol. The molecule has 0 radical (unpaired) electrons. The maximum absolute atomic E-state index is 12.2. The van der Waals surface area contributed by atoms with Crippen molar-refractivity contribution in [2.45, 2.75) is 104 Å². The van der Waals surface area contributed by atoms with Crippen molar-refractivity contribution >= 4 is 17.4 Å². The summed E-state index contributed by atoms with van der Waals surface area (Å²) in [6.07, 6.45) is 9.81. The largest absolute Gasteiger partial charge is 0.450 e. The Kier molecular flexibility index (Phi) is 8.53. The number of fused-ring (bicyclic) bond motifs is 5. The first kappa shape index (κ1) is 28.4. The molecule has 0 saturated heterocycles. The van der Waals surface area contributed by atoms with E-state index < -0.39 is 0 Å². The molecule has 4 fully saturated rings. The van der Waals surface area contributed by atoms with Gasteiger partial charge in [-0.2, -0.15) is 0 Å². The number of carbonyl (C=O) groups is 1. The van der Waals surface area contributed by atoms with Crippen molar-refractivity contribution < 1.29 is 19.7 Å². The molecule has 38 heavy (non-hydrogen) atoms. The van der Waals surface area contributed by atoms with Crippen LogP contribution in [0, 0.1) is 52.3 Å². The van der Waals surface area contributed by atoms with Crippen LogP contribution in [-0.2, 0) is 11.2 Å². The Bertz CT molecular complexity index is 938. The zero-order valence-electron chi connectivity index (χ0n) is 24.0. The predicted octanol–water partition coefficient (Wildman–Crippen LogP) is 6.67. The van der Waals surface area contributed by atoms with Gasteiger partial charge in [-0.3, -0.25) is 0 Å². The number of rotatable bonds is 8. The molecule has 3 unspecified atom stereocenters. The lowest BCUT2D eigenvalue weighted by molar-refractivity contribution is -0.203. The molecule has 0 aromatic carbocycles. The highest BCUT2D eigenvalue weighted by atomic mass is 32.1. The molecule has 6 heteroatoms. The minimum Gasteiger partial charge on any atom is -0.450 e. The first-order valence-corrected chi connectivity index (χ1v) is 16.4. The number of nitrogens with one attached hydrogen (secondary N) is 1. The molecule has 11 atom stereocenters. The summed E-state index contributed by atoms with van der Waals surface area (Å²) in [7, 11) is 0. The highest BCUT2D eigenvalue weighted by Crippen LogP contribution is 2.69. The molecule has 1 heterocycles. The minimum absolute atomic E-state index is 0.193. The maximum atomic E-state index is 12.2. The van der Waals surface area contributed by atoms with Gasteiger partial charge in [-0.05, 0) is 121 Å². The third-order valence-electron chi connectivity index (χ3n) is 12.2. The van der Waals surface area contributed by atoms with Gasteiger partial charge >= 0.3 is 6.09 Å². The Morgan fingerprint density at radius 1 is 1.13 bits per heavy atom. The highest BCUT2D eigenvalue weighted by molar-refractivity contribution is 7.09. The minimum atomic E-state index is -0.305. The van der Waals surface area contributed by atoms with Crippen LogP contribution in [0.1, 0.15) is 90.4 Å². The van der Waals surface area contributed by atoms with Gasteiger partial charge in [-0.1, -0.05) is 40.2 Å². The smallest absolute Gasteiger partial charge is 0.407 e. The van der Waals surface area contributed by atoms with Crippen LogP contribution in [0.5, 0.6) is 0 Å². The molecule has 1 amide bonds. The quantitative estimate of drug-likeness (QED) is 0.341. The Balaban J connectivity index is 1.19. The molecule has 5 nitrogen and oxygen atoms in total. The third kappa shape index (κ3) is 5.07. The molecule has 4 aliphatic rings. The number of hydrogen-bond acceptors (Lipinski definition) is 5. The van der Waals surface area contributed by atoms with E-state index in [-0.39, 0.29) is 29.1 Å². The van der Waals surface area contributed by atoms with Gasteiger partial charge in [0.25, 0.3) is 0 Å². The lowest BCUT2D eigenvalue weighted by atomic mass is 9.41. The summed E-state index contributed by atoms with van der Waals surface area (Å²) in [5.74, 6) is 3.40. The fraction of sp³-hybridized carbons (Fsp3) is 0.844. The Hall–Kier alpha value is -1.11. The lowest BCUT2D eigenvalue weighted by Gasteiger charge is -2.64. The van der Waals surface area contributed by atoms with Gasteiger partial charge in [0.15, 0.2) is 0 Å². The molecule has 3 N–H and O–H groups in total. The number of aliphatic hydroxyl groups is 2. The number of hydrogen-bond donors (Lipinski definition) is 3. The van der Waals surface area contributed by atoms with Crippen molar-refractivity contribution in [1.82, 2.24) is 5.32 Å². The number of alkyl carbamates (subject to hydrolysis) is 1. The van der Waals surface area contributed by atoms with Crippen molar-refractivity contribution in [1.29, 1.82) is 0 Å². The van der Waals surface area contributed by atoms with Gasteiger partial charge in [0.05, 0.1) is 18.8 Å². The average Bonchev–Trinajstić information content (AvgIpc) is 3.53. The van der Waals surface area contributed by atoms with Gasteiger partial charge in [-0.15, -0.1) is 11.3 Å². The zero-order valence-corrected chi connectivity index (χ0v) is 24.8. The molecule has 1 aromatic rings. The number of carbonyl (C=O) groups excluding carboxylic acids is 1. The number of amides is 1. The molecular formula is C32H51NO4S. The summed E-state index contributed by atoms with van der Waals surface area (Å²) < 4.78 is 5.57. The first-order chi connectivity index (χ1) is 18.2. The van der Waals surface area contributed by atoms with Crippen LogP contribution in [0.3, 0.4) is 0 Å². The van der Waals surface area contributed by atoms with E-state index in [1.807, 2.05) is 6.07 Å². The van der Waals surface area contributed by atoms with E-state index in [0.29, 0.717) is 54.6 Å². The summed E-state index contributed by atoms with van der Waals surface area (Å²) >= 11 is 1.71. The fourth-order valence-electron chi connectivity index (χ4n) is 10.3. The van der Waals surface area contributed by atoms with E-state index >= 15 is 0 Å². The third-order valence-corrected chi connectivity index (χ3v) is 13.1. The van der Waals surface area contributed by atoms with Crippen LogP contribution in [0.4, 0.5) is 4.79 Å². The van der Waals surface area contributed by atoms with E-state index in [0.717, 1.165) is 38.5 Å². The van der Waals surface area contributed by atoms with Gasteiger partial charge < -0.3 is 20.3 Å². The second-order valence-corrected chi connectivity index (χ2v) is 14.8. The van der Waals surface area contributed by atoms with Crippen LogP contribution in [0.25, 0.3) is 0 Å². The Morgan fingerprint density at radius 2 is 1.89 bits per heavy atom.